The summed E-state index contributed by atoms with van der Waals surface area (Å²) in [6.07, 6.45) is 1.80. The van der Waals surface area contributed by atoms with Gasteiger partial charge in [-0.2, -0.15) is 23.3 Å². The fourth-order valence-corrected chi connectivity index (χ4v) is 1.87. The predicted molar refractivity (Wildman–Crippen MR) is 64.7 cm³/mol. The number of aromatic nitrogens is 2. The summed E-state index contributed by atoms with van der Waals surface area (Å²) in [6.45, 7) is -0.507. The average molecular weight is 417 g/mol. The van der Waals surface area contributed by atoms with E-state index in [1.165, 1.54) is 0 Å². The van der Waals surface area contributed by atoms with E-state index in [0.29, 0.717) is 5.56 Å². The largest absolute Gasteiger partial charge is 0.258 e. The van der Waals surface area contributed by atoms with Gasteiger partial charge in [0.25, 0.3) is 0 Å². The molecule has 0 saturated heterocycles. The zero-order valence-corrected chi connectivity index (χ0v) is 11.8. The summed E-state index contributed by atoms with van der Waals surface area (Å²) < 4.78 is 14.4. The topological polar surface area (TPSA) is 17.8 Å². The molecule has 0 aliphatic carbocycles. The zero-order chi connectivity index (χ0) is 11.7. The van der Waals surface area contributed by atoms with Crippen molar-refractivity contribution in [3.8, 4) is 5.69 Å². The van der Waals surface area contributed by atoms with Gasteiger partial charge in [0.1, 0.15) is 0 Å². The zero-order valence-electron chi connectivity index (χ0n) is 9.43. The van der Waals surface area contributed by atoms with Gasteiger partial charge in [-0.3, -0.25) is 4.68 Å². The summed E-state index contributed by atoms with van der Waals surface area (Å²) >= 11 is 0. The predicted octanol–water partition coefficient (Wildman–Crippen LogP) is 3.29. The molecule has 93 valence electrons. The van der Waals surface area contributed by atoms with Crippen molar-refractivity contribution in [3.63, 3.8) is 0 Å². The Balaban J connectivity index is 0.00000120. The number of halogens is 1. The fraction of sp³-hybridized carbons (Fsp3) is 0.0714. The molecule has 1 aromatic heterocycles. The molecule has 1 heterocycles. The van der Waals surface area contributed by atoms with E-state index in [1.54, 1.807) is 16.9 Å². The second-order valence-corrected chi connectivity index (χ2v) is 3.81. The van der Waals surface area contributed by atoms with Gasteiger partial charge in [0.2, 0.25) is 0 Å². The molecule has 3 aromatic rings. The number of nitrogens with zero attached hydrogens (tertiary/aromatic N) is 2. The Bertz CT molecular complexity index is 663. The molecule has 3 rings (SSSR count). The van der Waals surface area contributed by atoms with Crippen LogP contribution < -0.4 is 0 Å². The second-order valence-electron chi connectivity index (χ2n) is 3.81. The minimum atomic E-state index is -0.507. The third kappa shape index (κ3) is 2.22. The number of benzene rings is 2. The maximum atomic E-state index is 12.6. The first-order valence-electron chi connectivity index (χ1n) is 5.39. The van der Waals surface area contributed by atoms with Crippen LogP contribution in [-0.4, -0.2) is 9.78 Å². The van der Waals surface area contributed by atoms with Crippen molar-refractivity contribution in [1.82, 2.24) is 9.78 Å². The molecule has 0 saturated carbocycles. The van der Waals surface area contributed by atoms with Gasteiger partial charge < -0.3 is 0 Å². The number of hydrogen-bond acceptors (Lipinski definition) is 1. The molecule has 0 N–H and O–H groups in total. The Kier molecular flexibility index (Phi) is 3.90. The molecule has 4 heteroatoms. The van der Waals surface area contributed by atoms with E-state index in [2.05, 4.69) is 11.2 Å². The molecule has 0 amide bonds. The SMILES string of the molecule is FCc1[c-]c(-n2ncc3ccccc32)ccc1.[Ir]. The molecule has 2 aromatic carbocycles. The van der Waals surface area contributed by atoms with Crippen LogP contribution in [0.25, 0.3) is 16.6 Å². The van der Waals surface area contributed by atoms with Gasteiger partial charge in [0, 0.05) is 25.5 Å². The molecule has 0 fully saturated rings. The van der Waals surface area contributed by atoms with Crippen LogP contribution in [-0.2, 0) is 26.8 Å². The molecule has 0 aliphatic rings. The standard InChI is InChI=1S/C14H10FN2.Ir/c15-9-11-4-3-6-13(8-11)17-14-7-2-1-5-12(14)10-16-17;/h1-7,10H,9H2;/q-1;. The molecule has 0 aliphatic heterocycles. The first kappa shape index (κ1) is 12.9. The van der Waals surface area contributed by atoms with Crippen LogP contribution >= 0.6 is 0 Å². The van der Waals surface area contributed by atoms with Crippen LogP contribution in [0.2, 0.25) is 0 Å². The van der Waals surface area contributed by atoms with Crippen LogP contribution in [0.5, 0.6) is 0 Å². The Morgan fingerprint density at radius 1 is 1.11 bits per heavy atom. The normalized spacial score (nSPS) is 10.3. The third-order valence-electron chi connectivity index (χ3n) is 2.69. The first-order valence-corrected chi connectivity index (χ1v) is 5.39. The number of fused-ring (bicyclic) bond motifs is 1. The van der Waals surface area contributed by atoms with Crippen LogP contribution in [0.1, 0.15) is 5.56 Å². The summed E-state index contributed by atoms with van der Waals surface area (Å²) in [4.78, 5) is 0. The molecule has 18 heavy (non-hydrogen) atoms. The molecule has 2 nitrogen and oxygen atoms in total. The molecule has 1 radical (unpaired) electrons. The number of hydrogen-bond donors (Lipinski definition) is 0. The van der Waals surface area contributed by atoms with Gasteiger partial charge in [-0.05, 0) is 11.8 Å². The van der Waals surface area contributed by atoms with Crippen LogP contribution in [0.15, 0.2) is 48.7 Å². The number of rotatable bonds is 2. The van der Waals surface area contributed by atoms with Crippen molar-refractivity contribution in [2.45, 2.75) is 6.67 Å². The van der Waals surface area contributed by atoms with E-state index in [4.69, 9.17) is 0 Å². The maximum Gasteiger partial charge on any atom is 0.0923 e. The van der Waals surface area contributed by atoms with E-state index >= 15 is 0 Å². The summed E-state index contributed by atoms with van der Waals surface area (Å²) in [5.41, 5.74) is 2.31. The van der Waals surface area contributed by atoms with Crippen LogP contribution in [0, 0.1) is 6.07 Å². The Labute approximate surface area is 118 Å². The van der Waals surface area contributed by atoms with E-state index < -0.39 is 6.67 Å². The number of alkyl halides is 1. The van der Waals surface area contributed by atoms with Crippen molar-refractivity contribution < 1.29 is 24.5 Å². The van der Waals surface area contributed by atoms with Gasteiger partial charge in [0.15, 0.2) is 0 Å². The minimum absolute atomic E-state index is 0. The van der Waals surface area contributed by atoms with E-state index in [9.17, 15) is 4.39 Å². The van der Waals surface area contributed by atoms with Crippen molar-refractivity contribution >= 4 is 10.9 Å². The van der Waals surface area contributed by atoms with Crippen molar-refractivity contribution in [3.05, 3.63) is 60.3 Å². The molecule has 0 unspecified atom stereocenters. The van der Waals surface area contributed by atoms with E-state index in [1.807, 2.05) is 36.4 Å². The molecule has 0 bridgehead atoms. The Hall–Kier alpha value is -1.51. The third-order valence-corrected chi connectivity index (χ3v) is 2.69. The summed E-state index contributed by atoms with van der Waals surface area (Å²) in [5, 5.41) is 5.37. The van der Waals surface area contributed by atoms with Gasteiger partial charge in [-0.25, -0.2) is 4.39 Å². The van der Waals surface area contributed by atoms with Crippen molar-refractivity contribution in [2.75, 3.05) is 0 Å². The summed E-state index contributed by atoms with van der Waals surface area (Å²) in [5.74, 6) is 0. The molecule has 0 spiro atoms. The summed E-state index contributed by atoms with van der Waals surface area (Å²) in [6, 6.07) is 16.3. The van der Waals surface area contributed by atoms with Gasteiger partial charge >= 0.3 is 0 Å². The van der Waals surface area contributed by atoms with Gasteiger partial charge in [-0.1, -0.05) is 18.2 Å². The van der Waals surface area contributed by atoms with Gasteiger partial charge in [0.05, 0.1) is 18.4 Å². The van der Waals surface area contributed by atoms with Crippen molar-refractivity contribution in [1.29, 1.82) is 0 Å². The fourth-order valence-electron chi connectivity index (χ4n) is 1.87. The molecular formula is C14H10FIrN2-. The first-order chi connectivity index (χ1) is 8.38. The van der Waals surface area contributed by atoms with Gasteiger partial charge in [-0.15, -0.1) is 11.6 Å². The minimum Gasteiger partial charge on any atom is -0.258 e. The Morgan fingerprint density at radius 2 is 1.94 bits per heavy atom. The van der Waals surface area contributed by atoms with E-state index in [0.717, 1.165) is 16.6 Å². The Morgan fingerprint density at radius 3 is 2.78 bits per heavy atom. The quantitative estimate of drug-likeness (QED) is 0.585. The monoisotopic (exact) mass is 418 g/mol. The smallest absolute Gasteiger partial charge is 0.0923 e. The molecule has 0 atom stereocenters. The maximum absolute atomic E-state index is 12.6. The van der Waals surface area contributed by atoms with Crippen molar-refractivity contribution in [2.24, 2.45) is 0 Å². The molecular weight excluding hydrogens is 407 g/mol. The van der Waals surface area contributed by atoms with Crippen LogP contribution in [0.4, 0.5) is 4.39 Å². The van der Waals surface area contributed by atoms with E-state index in [-0.39, 0.29) is 20.1 Å². The average Bonchev–Trinajstić information content (AvgIpc) is 2.82. The number of para-hydroxylation sites is 1. The second kappa shape index (κ2) is 5.42. The van der Waals surface area contributed by atoms with Crippen LogP contribution in [0.3, 0.4) is 0 Å². The summed E-state index contributed by atoms with van der Waals surface area (Å²) in [7, 11) is 0.